The molecule has 3 unspecified atom stereocenters. The molecule has 0 saturated heterocycles. The maximum Gasteiger partial charge on any atom is 0.329 e. The predicted octanol–water partition coefficient (Wildman–Crippen LogP) is 7.53. The van der Waals surface area contributed by atoms with Gasteiger partial charge in [0.15, 0.2) is 0 Å². The van der Waals surface area contributed by atoms with Gasteiger partial charge in [-0.15, -0.1) is 0 Å². The fraction of sp³-hybridized carbons (Fsp3) is 0.433. The molecule has 2 aromatic carbocycles. The van der Waals surface area contributed by atoms with Crippen LogP contribution in [-0.4, -0.2) is 25.7 Å². The number of carbonyl (C=O) groups excluding carboxylic acids is 1. The summed E-state index contributed by atoms with van der Waals surface area (Å²) in [5.41, 5.74) is 2.89. The average Bonchev–Trinajstić information content (AvgIpc) is 2.87. The number of allylic oxidation sites excluding steroid dienone is 1. The summed E-state index contributed by atoms with van der Waals surface area (Å²) in [6.07, 6.45) is 9.57. The van der Waals surface area contributed by atoms with Gasteiger partial charge in [-0.3, -0.25) is 0 Å². The Bertz CT molecular complexity index is 889. The van der Waals surface area contributed by atoms with Crippen LogP contribution in [-0.2, 0) is 9.53 Å². The lowest BCUT2D eigenvalue weighted by Crippen LogP contribution is -2.40. The Hall–Kier alpha value is -3.01. The second-order valence-corrected chi connectivity index (χ2v) is 8.68. The van der Waals surface area contributed by atoms with E-state index in [1.54, 1.807) is 7.11 Å². The van der Waals surface area contributed by atoms with Crippen molar-refractivity contribution >= 4 is 17.7 Å². The van der Waals surface area contributed by atoms with E-state index in [4.69, 9.17) is 9.47 Å². The van der Waals surface area contributed by atoms with Gasteiger partial charge in [-0.05, 0) is 54.7 Å². The first-order chi connectivity index (χ1) is 16.5. The first kappa shape index (κ1) is 27.2. The summed E-state index contributed by atoms with van der Waals surface area (Å²) in [7, 11) is 1.64. The highest BCUT2D eigenvalue weighted by Gasteiger charge is 2.32. The lowest BCUT2D eigenvalue weighted by atomic mass is 9.80. The van der Waals surface area contributed by atoms with Crippen molar-refractivity contribution < 1.29 is 14.3 Å². The lowest BCUT2D eigenvalue weighted by molar-refractivity contribution is -0.145. The van der Waals surface area contributed by atoms with Crippen LogP contribution in [0.25, 0.3) is 6.08 Å². The van der Waals surface area contributed by atoms with Crippen molar-refractivity contribution in [3.8, 4) is 5.75 Å². The first-order valence-electron chi connectivity index (χ1n) is 12.5. The van der Waals surface area contributed by atoms with Crippen LogP contribution in [0.5, 0.6) is 5.75 Å². The molecular formula is C30H41NO3. The highest BCUT2D eigenvalue weighted by atomic mass is 16.5. The minimum Gasteiger partial charge on any atom is -0.497 e. The van der Waals surface area contributed by atoms with Crippen LogP contribution in [0.15, 0.2) is 72.8 Å². The Labute approximate surface area is 206 Å². The number of unbranched alkanes of at least 4 members (excludes halogenated alkanes) is 1. The predicted molar refractivity (Wildman–Crippen MR) is 143 cm³/mol. The minimum absolute atomic E-state index is 0.0945. The molecule has 0 aliphatic rings. The second-order valence-electron chi connectivity index (χ2n) is 8.68. The lowest BCUT2D eigenvalue weighted by Gasteiger charge is -2.31. The number of anilines is 1. The smallest absolute Gasteiger partial charge is 0.329 e. The van der Waals surface area contributed by atoms with Crippen molar-refractivity contribution in [2.45, 2.75) is 58.9 Å². The number of hydrogen-bond acceptors (Lipinski definition) is 4. The molecule has 4 heteroatoms. The van der Waals surface area contributed by atoms with E-state index in [-0.39, 0.29) is 11.9 Å². The zero-order valence-electron chi connectivity index (χ0n) is 21.3. The van der Waals surface area contributed by atoms with Gasteiger partial charge in [0.1, 0.15) is 11.8 Å². The summed E-state index contributed by atoms with van der Waals surface area (Å²) >= 11 is 0. The van der Waals surface area contributed by atoms with Crippen LogP contribution in [0.4, 0.5) is 5.69 Å². The van der Waals surface area contributed by atoms with Gasteiger partial charge in [-0.2, -0.15) is 0 Å². The van der Waals surface area contributed by atoms with Crippen LogP contribution in [0.1, 0.15) is 58.4 Å². The first-order valence-corrected chi connectivity index (χ1v) is 12.5. The summed E-state index contributed by atoms with van der Waals surface area (Å²) in [6, 6.07) is 17.3. The van der Waals surface area contributed by atoms with Crippen molar-refractivity contribution in [1.29, 1.82) is 0 Å². The largest absolute Gasteiger partial charge is 0.497 e. The third-order valence-corrected chi connectivity index (χ3v) is 6.25. The molecule has 0 aromatic heterocycles. The average molecular weight is 464 g/mol. The second kappa shape index (κ2) is 15.0. The normalized spacial score (nSPS) is 13.8. The van der Waals surface area contributed by atoms with Gasteiger partial charge in [-0.1, -0.05) is 88.6 Å². The van der Waals surface area contributed by atoms with Gasteiger partial charge in [-0.25, -0.2) is 4.79 Å². The van der Waals surface area contributed by atoms with E-state index in [1.165, 1.54) is 12.8 Å². The number of nitrogens with one attached hydrogen (secondary N) is 1. The summed E-state index contributed by atoms with van der Waals surface area (Å²) < 4.78 is 10.8. The van der Waals surface area contributed by atoms with Gasteiger partial charge in [0.05, 0.1) is 13.7 Å². The number of ether oxygens (including phenoxy) is 2. The van der Waals surface area contributed by atoms with Crippen LogP contribution >= 0.6 is 0 Å². The van der Waals surface area contributed by atoms with Crippen molar-refractivity contribution in [1.82, 2.24) is 0 Å². The molecule has 1 N–H and O–H groups in total. The van der Waals surface area contributed by atoms with Crippen molar-refractivity contribution in [3.63, 3.8) is 0 Å². The van der Waals surface area contributed by atoms with Gasteiger partial charge in [0, 0.05) is 11.6 Å². The molecule has 0 amide bonds. The van der Waals surface area contributed by atoms with Gasteiger partial charge < -0.3 is 14.8 Å². The molecule has 0 aliphatic heterocycles. The van der Waals surface area contributed by atoms with Gasteiger partial charge >= 0.3 is 5.97 Å². The molecule has 4 nitrogen and oxygen atoms in total. The molecule has 0 radical (unpaired) electrons. The quantitative estimate of drug-likeness (QED) is 0.219. The summed E-state index contributed by atoms with van der Waals surface area (Å²) in [4.78, 5) is 13.2. The molecule has 0 aliphatic carbocycles. The van der Waals surface area contributed by atoms with E-state index in [1.807, 2.05) is 49.4 Å². The van der Waals surface area contributed by atoms with Crippen LogP contribution in [0, 0.1) is 11.8 Å². The third kappa shape index (κ3) is 8.74. The van der Waals surface area contributed by atoms with Crippen molar-refractivity contribution in [2.24, 2.45) is 11.8 Å². The molecule has 0 heterocycles. The van der Waals surface area contributed by atoms with Crippen molar-refractivity contribution in [3.05, 3.63) is 78.4 Å². The fourth-order valence-electron chi connectivity index (χ4n) is 4.16. The molecule has 184 valence electrons. The summed E-state index contributed by atoms with van der Waals surface area (Å²) in [5, 5.41) is 3.45. The van der Waals surface area contributed by atoms with E-state index in [9.17, 15) is 4.79 Å². The topological polar surface area (TPSA) is 47.6 Å². The highest BCUT2D eigenvalue weighted by molar-refractivity contribution is 5.80. The number of benzene rings is 2. The van der Waals surface area contributed by atoms with E-state index < -0.39 is 6.04 Å². The number of hydrogen-bond donors (Lipinski definition) is 1. The van der Waals surface area contributed by atoms with Crippen molar-refractivity contribution in [2.75, 3.05) is 19.0 Å². The molecular weight excluding hydrogens is 422 g/mol. The molecule has 2 rings (SSSR count). The number of carbonyl (C=O) groups is 1. The molecule has 0 spiro atoms. The van der Waals surface area contributed by atoms with E-state index in [0.717, 1.165) is 41.8 Å². The monoisotopic (exact) mass is 463 g/mol. The standard InChI is InChI=1S/C30H41NO3/c1-6-9-13-24(7-2)22-28(23(4)16-17-25-14-11-10-12-15-25)29(30(32)34-8-3)31-26-18-20-27(33-5)21-19-26/h10-12,14-21,24,28-29,31H,4,6-9,13,22H2,1-3,5H3/b17-16+. The molecule has 34 heavy (non-hydrogen) atoms. The zero-order chi connectivity index (χ0) is 24.8. The van der Waals surface area contributed by atoms with Gasteiger partial charge in [0.2, 0.25) is 0 Å². The van der Waals surface area contributed by atoms with E-state index >= 15 is 0 Å². The Morgan fingerprint density at radius 3 is 2.35 bits per heavy atom. The summed E-state index contributed by atoms with van der Waals surface area (Å²) in [6.45, 7) is 11.1. The maximum absolute atomic E-state index is 13.2. The van der Waals surface area contributed by atoms with E-state index in [0.29, 0.717) is 12.5 Å². The Kier molecular flexibility index (Phi) is 12.0. The minimum atomic E-state index is -0.531. The zero-order valence-corrected chi connectivity index (χ0v) is 21.3. The highest BCUT2D eigenvalue weighted by Crippen LogP contribution is 2.31. The number of rotatable bonds is 15. The van der Waals surface area contributed by atoms with Crippen LogP contribution < -0.4 is 10.1 Å². The fourth-order valence-corrected chi connectivity index (χ4v) is 4.16. The molecule has 2 aromatic rings. The molecule has 3 atom stereocenters. The third-order valence-electron chi connectivity index (χ3n) is 6.25. The van der Waals surface area contributed by atoms with Gasteiger partial charge in [0.25, 0.3) is 0 Å². The Morgan fingerprint density at radius 1 is 1.06 bits per heavy atom. The maximum atomic E-state index is 13.2. The Balaban J connectivity index is 2.37. The molecule has 0 saturated carbocycles. The number of esters is 1. The Morgan fingerprint density at radius 2 is 1.76 bits per heavy atom. The van der Waals surface area contributed by atoms with E-state index in [2.05, 4.69) is 50.0 Å². The number of methoxy groups -OCH3 is 1. The van der Waals surface area contributed by atoms with Crippen LogP contribution in [0.2, 0.25) is 0 Å². The summed E-state index contributed by atoms with van der Waals surface area (Å²) in [5.74, 6) is 0.947. The molecule has 0 fully saturated rings. The SMILES string of the molecule is C=C(/C=C/c1ccccc1)C(CC(CC)CCCC)C(Nc1ccc(OC)cc1)C(=O)OCC. The van der Waals surface area contributed by atoms with Crippen LogP contribution in [0.3, 0.4) is 0 Å². The molecule has 0 bridgehead atoms.